The van der Waals surface area contributed by atoms with E-state index in [1.165, 1.54) is 37.5 Å². The molecule has 0 aliphatic carbocycles. The Morgan fingerprint density at radius 1 is 1.43 bits per heavy atom. The summed E-state index contributed by atoms with van der Waals surface area (Å²) in [5.41, 5.74) is 0.663. The summed E-state index contributed by atoms with van der Waals surface area (Å²) in [6.45, 7) is 2.11. The van der Waals surface area contributed by atoms with Gasteiger partial charge in [0.05, 0.1) is 12.2 Å². The van der Waals surface area contributed by atoms with Crippen molar-refractivity contribution in [2.75, 3.05) is 13.7 Å². The first-order valence-corrected chi connectivity index (χ1v) is 6.23. The van der Waals surface area contributed by atoms with Gasteiger partial charge in [-0.25, -0.2) is 4.79 Å². The fraction of sp³-hybridized carbons (Fsp3) is 0.267. The highest BCUT2D eigenvalue weighted by Gasteiger charge is 2.12. The normalized spacial score (nSPS) is 12.3. The number of carbonyl (C=O) groups excluding carboxylic acids is 1. The van der Waals surface area contributed by atoms with Crippen LogP contribution >= 0.6 is 0 Å². The molecule has 6 heteroatoms. The number of hydrogen-bond donors (Lipinski definition) is 2. The Labute approximate surface area is 122 Å². The van der Waals surface area contributed by atoms with Crippen LogP contribution in [0.15, 0.2) is 29.8 Å². The molecule has 0 heterocycles. The van der Waals surface area contributed by atoms with Gasteiger partial charge in [-0.05, 0) is 30.7 Å². The molecule has 110 valence electrons. The first kappa shape index (κ1) is 16.4. The van der Waals surface area contributed by atoms with Crippen molar-refractivity contribution in [3.63, 3.8) is 0 Å². The Balaban J connectivity index is 2.86. The number of nitriles is 1. The van der Waals surface area contributed by atoms with Gasteiger partial charge in [-0.1, -0.05) is 12.1 Å². The SMILES string of the molecule is COCC(C)NC(=O)/C(C#N)=C/c1ccc(C(=O)O)cc1. The number of ether oxygens (including phenoxy) is 1. The molecule has 21 heavy (non-hydrogen) atoms. The Morgan fingerprint density at radius 3 is 2.52 bits per heavy atom. The molecule has 1 aromatic carbocycles. The van der Waals surface area contributed by atoms with Gasteiger partial charge >= 0.3 is 5.97 Å². The summed E-state index contributed by atoms with van der Waals surface area (Å²) < 4.78 is 4.90. The van der Waals surface area contributed by atoms with Gasteiger partial charge in [-0.2, -0.15) is 5.26 Å². The molecule has 0 saturated heterocycles. The lowest BCUT2D eigenvalue weighted by Gasteiger charge is -2.11. The highest BCUT2D eigenvalue weighted by molar-refractivity contribution is 6.01. The summed E-state index contributed by atoms with van der Waals surface area (Å²) in [6.07, 6.45) is 1.40. The van der Waals surface area contributed by atoms with E-state index in [0.29, 0.717) is 12.2 Å². The van der Waals surface area contributed by atoms with Crippen LogP contribution in [0.4, 0.5) is 0 Å². The molecule has 0 saturated carbocycles. The maximum absolute atomic E-state index is 11.9. The highest BCUT2D eigenvalue weighted by atomic mass is 16.5. The number of nitrogens with zero attached hydrogens (tertiary/aromatic N) is 1. The van der Waals surface area contributed by atoms with E-state index in [2.05, 4.69) is 5.32 Å². The number of methoxy groups -OCH3 is 1. The van der Waals surface area contributed by atoms with Crippen LogP contribution < -0.4 is 5.32 Å². The van der Waals surface area contributed by atoms with E-state index in [0.717, 1.165) is 0 Å². The predicted molar refractivity (Wildman–Crippen MR) is 76.5 cm³/mol. The van der Waals surface area contributed by atoms with Gasteiger partial charge in [-0.15, -0.1) is 0 Å². The van der Waals surface area contributed by atoms with Crippen molar-refractivity contribution < 1.29 is 19.4 Å². The van der Waals surface area contributed by atoms with Gasteiger partial charge in [0.25, 0.3) is 5.91 Å². The molecule has 0 spiro atoms. The molecule has 0 aliphatic heterocycles. The zero-order chi connectivity index (χ0) is 15.8. The van der Waals surface area contributed by atoms with Crippen molar-refractivity contribution in [3.8, 4) is 6.07 Å². The molecule has 0 aliphatic rings. The lowest BCUT2D eigenvalue weighted by molar-refractivity contribution is -0.117. The van der Waals surface area contributed by atoms with Crippen molar-refractivity contribution in [2.24, 2.45) is 0 Å². The van der Waals surface area contributed by atoms with E-state index >= 15 is 0 Å². The summed E-state index contributed by atoms with van der Waals surface area (Å²) >= 11 is 0. The van der Waals surface area contributed by atoms with E-state index in [-0.39, 0.29) is 17.2 Å². The number of carboxylic acids is 1. The van der Waals surface area contributed by atoms with Crippen LogP contribution in [0.3, 0.4) is 0 Å². The van der Waals surface area contributed by atoms with E-state index in [4.69, 9.17) is 15.1 Å². The smallest absolute Gasteiger partial charge is 0.335 e. The van der Waals surface area contributed by atoms with E-state index < -0.39 is 11.9 Å². The number of nitrogens with one attached hydrogen (secondary N) is 1. The van der Waals surface area contributed by atoms with E-state index in [1.807, 2.05) is 6.07 Å². The Morgan fingerprint density at radius 2 is 2.05 bits per heavy atom. The molecule has 1 amide bonds. The van der Waals surface area contributed by atoms with Crippen LogP contribution in [0, 0.1) is 11.3 Å². The minimum atomic E-state index is -1.03. The number of hydrogen-bond acceptors (Lipinski definition) is 4. The zero-order valence-electron chi connectivity index (χ0n) is 11.8. The fourth-order valence-corrected chi connectivity index (χ4v) is 1.63. The zero-order valence-corrected chi connectivity index (χ0v) is 11.8. The number of amides is 1. The first-order valence-electron chi connectivity index (χ1n) is 6.23. The molecule has 0 fully saturated rings. The molecule has 2 N–H and O–H groups in total. The molecule has 6 nitrogen and oxygen atoms in total. The number of carbonyl (C=O) groups is 2. The third-order valence-electron chi connectivity index (χ3n) is 2.63. The van der Waals surface area contributed by atoms with Gasteiger partial charge in [0.15, 0.2) is 0 Å². The molecule has 1 unspecified atom stereocenters. The summed E-state index contributed by atoms with van der Waals surface area (Å²) in [6, 6.07) is 7.50. The Kier molecular flexibility index (Phi) is 6.11. The number of benzene rings is 1. The number of carboxylic acid groups (broad SMARTS) is 1. The minimum absolute atomic E-state index is 0.0546. The largest absolute Gasteiger partial charge is 0.478 e. The molecular weight excluding hydrogens is 272 g/mol. The highest BCUT2D eigenvalue weighted by Crippen LogP contribution is 2.09. The molecule has 1 aromatic rings. The van der Waals surface area contributed by atoms with Crippen LogP contribution in [0.1, 0.15) is 22.8 Å². The summed E-state index contributed by atoms with van der Waals surface area (Å²) in [4.78, 5) is 22.6. The first-order chi connectivity index (χ1) is 9.97. The van der Waals surface area contributed by atoms with Gasteiger partial charge in [0.1, 0.15) is 11.6 Å². The van der Waals surface area contributed by atoms with Gasteiger partial charge < -0.3 is 15.2 Å². The van der Waals surface area contributed by atoms with Crippen molar-refractivity contribution in [1.82, 2.24) is 5.32 Å². The average molecular weight is 288 g/mol. The molecular formula is C15H16N2O4. The third kappa shape index (κ3) is 5.09. The quantitative estimate of drug-likeness (QED) is 0.609. The van der Waals surface area contributed by atoms with Crippen molar-refractivity contribution in [2.45, 2.75) is 13.0 Å². The van der Waals surface area contributed by atoms with E-state index in [1.54, 1.807) is 6.92 Å². The fourth-order valence-electron chi connectivity index (χ4n) is 1.63. The minimum Gasteiger partial charge on any atom is -0.478 e. The number of rotatable bonds is 6. The van der Waals surface area contributed by atoms with Crippen LogP contribution in [-0.4, -0.2) is 36.7 Å². The van der Waals surface area contributed by atoms with Crippen LogP contribution in [-0.2, 0) is 9.53 Å². The second-order valence-corrected chi connectivity index (χ2v) is 4.43. The van der Waals surface area contributed by atoms with Gasteiger partial charge in [0.2, 0.25) is 0 Å². The van der Waals surface area contributed by atoms with Crippen molar-refractivity contribution >= 4 is 18.0 Å². The third-order valence-corrected chi connectivity index (χ3v) is 2.63. The average Bonchev–Trinajstić information content (AvgIpc) is 2.45. The Bertz CT molecular complexity index is 585. The maximum atomic E-state index is 11.9. The number of aromatic carboxylic acids is 1. The Hall–Kier alpha value is -2.65. The van der Waals surface area contributed by atoms with Gasteiger partial charge in [0, 0.05) is 13.2 Å². The second kappa shape index (κ2) is 7.82. The molecule has 1 atom stereocenters. The van der Waals surface area contributed by atoms with Gasteiger partial charge in [-0.3, -0.25) is 4.79 Å². The lowest BCUT2D eigenvalue weighted by atomic mass is 10.1. The summed E-state index contributed by atoms with van der Waals surface area (Å²) in [5.74, 6) is -1.53. The van der Waals surface area contributed by atoms with Crippen molar-refractivity contribution in [3.05, 3.63) is 41.0 Å². The van der Waals surface area contributed by atoms with Crippen LogP contribution in [0.25, 0.3) is 6.08 Å². The molecule has 0 radical (unpaired) electrons. The molecule has 0 bridgehead atoms. The standard InChI is InChI=1S/C15H16N2O4/c1-10(9-21-2)17-14(18)13(8-16)7-11-3-5-12(6-4-11)15(19)20/h3-7,10H,9H2,1-2H3,(H,17,18)(H,19,20)/b13-7+. The predicted octanol–water partition coefficient (Wildman–Crippen LogP) is 1.44. The molecule has 0 aromatic heterocycles. The lowest BCUT2D eigenvalue weighted by Crippen LogP contribution is -2.36. The summed E-state index contributed by atoms with van der Waals surface area (Å²) in [7, 11) is 1.52. The van der Waals surface area contributed by atoms with Crippen LogP contribution in [0.5, 0.6) is 0 Å². The molecule has 1 rings (SSSR count). The van der Waals surface area contributed by atoms with Crippen molar-refractivity contribution in [1.29, 1.82) is 5.26 Å². The maximum Gasteiger partial charge on any atom is 0.335 e. The van der Waals surface area contributed by atoms with Crippen LogP contribution in [0.2, 0.25) is 0 Å². The summed E-state index contributed by atoms with van der Waals surface area (Å²) in [5, 5.41) is 20.5. The topological polar surface area (TPSA) is 99.4 Å². The monoisotopic (exact) mass is 288 g/mol. The second-order valence-electron chi connectivity index (χ2n) is 4.43. The van der Waals surface area contributed by atoms with E-state index in [9.17, 15) is 9.59 Å².